The van der Waals surface area contributed by atoms with Crippen molar-refractivity contribution in [3.05, 3.63) is 70.5 Å². The molecule has 0 spiro atoms. The van der Waals surface area contributed by atoms with Gasteiger partial charge in [-0.05, 0) is 49.7 Å². The van der Waals surface area contributed by atoms with E-state index < -0.39 is 0 Å². The average Bonchev–Trinajstić information content (AvgIpc) is 2.64. The Morgan fingerprint density at radius 2 is 1.88 bits per heavy atom. The molecule has 26 heavy (non-hydrogen) atoms. The highest BCUT2D eigenvalue weighted by molar-refractivity contribution is 5.93. The van der Waals surface area contributed by atoms with Crippen molar-refractivity contribution in [3.63, 3.8) is 0 Å². The van der Waals surface area contributed by atoms with Gasteiger partial charge in [-0.1, -0.05) is 12.1 Å². The summed E-state index contributed by atoms with van der Waals surface area (Å²) in [4.78, 5) is 33.4. The van der Waals surface area contributed by atoms with Gasteiger partial charge in [0.1, 0.15) is 11.6 Å². The van der Waals surface area contributed by atoms with Gasteiger partial charge in [0.15, 0.2) is 0 Å². The molecule has 0 aliphatic carbocycles. The molecule has 0 fully saturated rings. The van der Waals surface area contributed by atoms with E-state index in [9.17, 15) is 14.0 Å². The molecular formula is C20H20FN3O2. The van der Waals surface area contributed by atoms with Crippen LogP contribution in [0.2, 0.25) is 0 Å². The topological polar surface area (TPSA) is 66.1 Å². The molecule has 2 aromatic carbocycles. The van der Waals surface area contributed by atoms with Gasteiger partial charge in [0.2, 0.25) is 5.91 Å². The summed E-state index contributed by atoms with van der Waals surface area (Å²) in [5, 5.41) is 0.556. The number of benzene rings is 2. The van der Waals surface area contributed by atoms with Crippen molar-refractivity contribution in [2.24, 2.45) is 0 Å². The van der Waals surface area contributed by atoms with Crippen LogP contribution in [-0.4, -0.2) is 22.4 Å². The van der Waals surface area contributed by atoms with Crippen LogP contribution in [0.1, 0.15) is 25.6 Å². The van der Waals surface area contributed by atoms with E-state index in [1.165, 1.54) is 12.1 Å². The van der Waals surface area contributed by atoms with Crippen LogP contribution in [0.3, 0.4) is 0 Å². The number of carbonyl (C=O) groups is 1. The van der Waals surface area contributed by atoms with Crippen molar-refractivity contribution in [2.75, 3.05) is 11.4 Å². The Balaban J connectivity index is 1.64. The number of hydrogen-bond acceptors (Lipinski definition) is 3. The van der Waals surface area contributed by atoms with Crippen molar-refractivity contribution in [1.29, 1.82) is 0 Å². The van der Waals surface area contributed by atoms with Crippen molar-refractivity contribution in [2.45, 2.75) is 26.2 Å². The minimum absolute atomic E-state index is 0.0396. The lowest BCUT2D eigenvalue weighted by Gasteiger charge is -2.21. The van der Waals surface area contributed by atoms with Crippen LogP contribution in [0, 0.1) is 5.82 Å². The summed E-state index contributed by atoms with van der Waals surface area (Å²) >= 11 is 0. The maximum Gasteiger partial charge on any atom is 0.258 e. The molecule has 6 heteroatoms. The van der Waals surface area contributed by atoms with E-state index in [0.29, 0.717) is 48.2 Å². The fourth-order valence-corrected chi connectivity index (χ4v) is 2.92. The first-order valence-corrected chi connectivity index (χ1v) is 8.62. The normalized spacial score (nSPS) is 10.8. The predicted octanol–water partition coefficient (Wildman–Crippen LogP) is 3.44. The van der Waals surface area contributed by atoms with E-state index in [0.717, 1.165) is 0 Å². The predicted molar refractivity (Wildman–Crippen MR) is 99.7 cm³/mol. The minimum Gasteiger partial charge on any atom is -0.313 e. The number of aryl methyl sites for hydroxylation is 1. The molecule has 5 nitrogen and oxygen atoms in total. The number of nitrogens with one attached hydrogen (secondary N) is 1. The Bertz CT molecular complexity index is 967. The molecule has 0 bridgehead atoms. The second kappa shape index (κ2) is 7.91. The lowest BCUT2D eigenvalue weighted by molar-refractivity contribution is -0.118. The number of hydrogen-bond donors (Lipinski definition) is 1. The second-order valence-electron chi connectivity index (χ2n) is 6.00. The molecular weight excluding hydrogens is 333 g/mol. The maximum absolute atomic E-state index is 13.0. The van der Waals surface area contributed by atoms with Crippen LogP contribution in [0.15, 0.2) is 53.3 Å². The van der Waals surface area contributed by atoms with Gasteiger partial charge in [-0.25, -0.2) is 9.37 Å². The summed E-state index contributed by atoms with van der Waals surface area (Å²) in [5.74, 6) is 0.206. The summed E-state index contributed by atoms with van der Waals surface area (Å²) < 4.78 is 13.0. The smallest absolute Gasteiger partial charge is 0.258 e. The van der Waals surface area contributed by atoms with Crippen LogP contribution in [0.25, 0.3) is 10.9 Å². The number of nitrogens with zero attached hydrogens (tertiary/aromatic N) is 2. The molecule has 0 atom stereocenters. The van der Waals surface area contributed by atoms with Gasteiger partial charge in [0.25, 0.3) is 5.56 Å². The standard InChI is InChI=1S/C20H20FN3O2/c1-2-24(15-12-10-14(21)11-13-15)19(25)9-5-8-18-22-17-7-4-3-6-16(17)20(26)23-18/h3-4,6-7,10-13H,2,5,8-9H2,1H3,(H,22,23,26). The van der Waals surface area contributed by atoms with Gasteiger partial charge < -0.3 is 9.88 Å². The van der Waals surface area contributed by atoms with Crippen LogP contribution in [0.5, 0.6) is 0 Å². The highest BCUT2D eigenvalue weighted by Gasteiger charge is 2.14. The highest BCUT2D eigenvalue weighted by atomic mass is 19.1. The van der Waals surface area contributed by atoms with Crippen LogP contribution in [0.4, 0.5) is 10.1 Å². The number of anilines is 1. The average molecular weight is 353 g/mol. The lowest BCUT2D eigenvalue weighted by Crippen LogP contribution is -2.30. The molecule has 0 unspecified atom stereocenters. The number of halogens is 1. The van der Waals surface area contributed by atoms with Gasteiger partial charge in [0, 0.05) is 25.1 Å². The molecule has 0 aliphatic rings. The number of aromatic amines is 1. The number of amides is 1. The number of carbonyl (C=O) groups excluding carboxylic acids is 1. The third-order valence-electron chi connectivity index (χ3n) is 4.22. The third kappa shape index (κ3) is 3.96. The molecule has 0 saturated heterocycles. The lowest BCUT2D eigenvalue weighted by atomic mass is 10.2. The van der Waals surface area contributed by atoms with Gasteiger partial charge in [0.05, 0.1) is 10.9 Å². The Morgan fingerprint density at radius 1 is 1.15 bits per heavy atom. The van der Waals surface area contributed by atoms with Gasteiger partial charge >= 0.3 is 0 Å². The zero-order valence-electron chi connectivity index (χ0n) is 14.5. The van der Waals surface area contributed by atoms with Crippen molar-refractivity contribution < 1.29 is 9.18 Å². The number of rotatable bonds is 6. The van der Waals surface area contributed by atoms with E-state index in [1.54, 1.807) is 35.2 Å². The van der Waals surface area contributed by atoms with E-state index >= 15 is 0 Å². The Hall–Kier alpha value is -3.02. The molecule has 3 aromatic rings. The minimum atomic E-state index is -0.330. The number of fused-ring (bicyclic) bond motifs is 1. The summed E-state index contributed by atoms with van der Waals surface area (Å²) in [6.45, 7) is 2.39. The summed E-state index contributed by atoms with van der Waals surface area (Å²) in [5.41, 5.74) is 1.16. The second-order valence-corrected chi connectivity index (χ2v) is 6.00. The third-order valence-corrected chi connectivity index (χ3v) is 4.22. The fraction of sp³-hybridized carbons (Fsp3) is 0.250. The first-order valence-electron chi connectivity index (χ1n) is 8.62. The first-order chi connectivity index (χ1) is 12.6. The van der Waals surface area contributed by atoms with Gasteiger partial charge in [-0.15, -0.1) is 0 Å². The maximum atomic E-state index is 13.0. The molecule has 0 aliphatic heterocycles. The number of para-hydroxylation sites is 1. The largest absolute Gasteiger partial charge is 0.313 e. The van der Waals surface area contributed by atoms with Crippen molar-refractivity contribution in [1.82, 2.24) is 9.97 Å². The van der Waals surface area contributed by atoms with Crippen molar-refractivity contribution in [3.8, 4) is 0 Å². The van der Waals surface area contributed by atoms with E-state index in [4.69, 9.17) is 0 Å². The quantitative estimate of drug-likeness (QED) is 0.738. The molecule has 0 radical (unpaired) electrons. The SMILES string of the molecule is CCN(C(=O)CCCc1nc2ccccc2c(=O)[nH]1)c1ccc(F)cc1. The molecule has 1 amide bonds. The summed E-state index contributed by atoms with van der Waals surface area (Å²) in [7, 11) is 0. The summed E-state index contributed by atoms with van der Waals surface area (Å²) in [6, 6.07) is 13.0. The molecule has 0 saturated carbocycles. The molecule has 3 rings (SSSR count). The highest BCUT2D eigenvalue weighted by Crippen LogP contribution is 2.16. The molecule has 1 N–H and O–H groups in total. The number of aromatic nitrogens is 2. The van der Waals surface area contributed by atoms with Gasteiger partial charge in [-0.3, -0.25) is 9.59 Å². The van der Waals surface area contributed by atoms with Gasteiger partial charge in [-0.2, -0.15) is 0 Å². The van der Waals surface area contributed by atoms with Crippen LogP contribution >= 0.6 is 0 Å². The van der Waals surface area contributed by atoms with E-state index in [1.807, 2.05) is 13.0 Å². The molecule has 1 heterocycles. The Labute approximate surface area is 150 Å². The zero-order chi connectivity index (χ0) is 18.5. The van der Waals surface area contributed by atoms with Crippen molar-refractivity contribution >= 4 is 22.5 Å². The fourth-order valence-electron chi connectivity index (χ4n) is 2.92. The monoisotopic (exact) mass is 353 g/mol. The summed E-state index contributed by atoms with van der Waals surface area (Å²) in [6.07, 6.45) is 1.40. The number of H-pyrrole nitrogens is 1. The Morgan fingerprint density at radius 3 is 2.62 bits per heavy atom. The molecule has 134 valence electrons. The van der Waals surface area contributed by atoms with Crippen LogP contribution in [-0.2, 0) is 11.2 Å². The Kier molecular flexibility index (Phi) is 5.41. The van der Waals surface area contributed by atoms with E-state index in [2.05, 4.69) is 9.97 Å². The molecule has 1 aromatic heterocycles. The van der Waals surface area contributed by atoms with Crippen LogP contribution < -0.4 is 10.5 Å². The van der Waals surface area contributed by atoms with E-state index in [-0.39, 0.29) is 17.3 Å². The zero-order valence-corrected chi connectivity index (χ0v) is 14.5. The first kappa shape index (κ1) is 17.8.